The zero-order chi connectivity index (χ0) is 14.8. The van der Waals surface area contributed by atoms with E-state index in [2.05, 4.69) is 10.1 Å². The molecule has 6 heteroatoms. The molecule has 1 heterocycles. The number of phenolic OH excluding ortho intramolecular Hbond substituents is 2. The van der Waals surface area contributed by atoms with Gasteiger partial charge in [0.05, 0.1) is 0 Å². The SMILES string of the molecule is Oc1cc(O)cc(-c2nc(Cc3cccc(Cl)c3)no2)c1. The minimum Gasteiger partial charge on any atom is -0.508 e. The lowest BCUT2D eigenvalue weighted by Crippen LogP contribution is -1.90. The van der Waals surface area contributed by atoms with E-state index in [1.165, 1.54) is 18.2 Å². The van der Waals surface area contributed by atoms with Crippen molar-refractivity contribution in [2.75, 3.05) is 0 Å². The number of aromatic hydroxyl groups is 2. The van der Waals surface area contributed by atoms with Gasteiger partial charge >= 0.3 is 0 Å². The number of nitrogens with zero attached hydrogens (tertiary/aromatic N) is 2. The fourth-order valence-electron chi connectivity index (χ4n) is 1.99. The van der Waals surface area contributed by atoms with E-state index >= 15 is 0 Å². The van der Waals surface area contributed by atoms with Gasteiger partial charge in [0, 0.05) is 23.1 Å². The van der Waals surface area contributed by atoms with Crippen molar-refractivity contribution in [3.05, 3.63) is 58.9 Å². The lowest BCUT2D eigenvalue weighted by atomic mass is 10.1. The van der Waals surface area contributed by atoms with Crippen molar-refractivity contribution >= 4 is 11.6 Å². The first-order valence-electron chi connectivity index (χ1n) is 6.20. The Kier molecular flexibility index (Phi) is 3.50. The van der Waals surface area contributed by atoms with Crippen LogP contribution < -0.4 is 0 Å². The highest BCUT2D eigenvalue weighted by molar-refractivity contribution is 6.30. The van der Waals surface area contributed by atoms with E-state index in [4.69, 9.17) is 16.1 Å². The summed E-state index contributed by atoms with van der Waals surface area (Å²) in [5, 5.41) is 23.5. The van der Waals surface area contributed by atoms with Crippen LogP contribution in [0.3, 0.4) is 0 Å². The zero-order valence-electron chi connectivity index (χ0n) is 10.8. The predicted octanol–water partition coefficient (Wildman–Crippen LogP) is 3.39. The van der Waals surface area contributed by atoms with Crippen LogP contribution in [0.5, 0.6) is 11.5 Å². The molecule has 0 aliphatic rings. The lowest BCUT2D eigenvalue weighted by molar-refractivity contribution is 0.421. The topological polar surface area (TPSA) is 79.4 Å². The lowest BCUT2D eigenvalue weighted by Gasteiger charge is -1.98. The van der Waals surface area contributed by atoms with E-state index in [0.717, 1.165) is 5.56 Å². The number of hydrogen-bond acceptors (Lipinski definition) is 5. The molecule has 2 N–H and O–H groups in total. The first-order valence-corrected chi connectivity index (χ1v) is 6.58. The van der Waals surface area contributed by atoms with Crippen LogP contribution in [0.1, 0.15) is 11.4 Å². The highest BCUT2D eigenvalue weighted by Gasteiger charge is 2.11. The van der Waals surface area contributed by atoms with Gasteiger partial charge in [0.2, 0.25) is 0 Å². The average Bonchev–Trinajstić information content (AvgIpc) is 2.86. The van der Waals surface area contributed by atoms with Gasteiger partial charge in [0.25, 0.3) is 5.89 Å². The summed E-state index contributed by atoms with van der Waals surface area (Å²) in [6.45, 7) is 0. The first-order chi connectivity index (χ1) is 10.1. The van der Waals surface area contributed by atoms with Gasteiger partial charge in [-0.2, -0.15) is 4.98 Å². The number of phenols is 2. The van der Waals surface area contributed by atoms with Crippen LogP contribution in [0.15, 0.2) is 47.0 Å². The summed E-state index contributed by atoms with van der Waals surface area (Å²) in [6.07, 6.45) is 0.481. The highest BCUT2D eigenvalue weighted by Crippen LogP contribution is 2.27. The third-order valence-electron chi connectivity index (χ3n) is 2.87. The largest absolute Gasteiger partial charge is 0.508 e. The monoisotopic (exact) mass is 302 g/mol. The van der Waals surface area contributed by atoms with Crippen molar-refractivity contribution in [2.24, 2.45) is 0 Å². The molecule has 0 saturated carbocycles. The van der Waals surface area contributed by atoms with E-state index in [-0.39, 0.29) is 17.4 Å². The maximum absolute atomic E-state index is 9.46. The fraction of sp³-hybridized carbons (Fsp3) is 0.0667. The minimum atomic E-state index is -0.0698. The average molecular weight is 303 g/mol. The third kappa shape index (κ3) is 3.14. The minimum absolute atomic E-state index is 0.0698. The first kappa shape index (κ1) is 13.5. The molecule has 2 aromatic carbocycles. The Morgan fingerprint density at radius 3 is 2.52 bits per heavy atom. The number of rotatable bonds is 3. The van der Waals surface area contributed by atoms with Gasteiger partial charge < -0.3 is 14.7 Å². The summed E-state index contributed by atoms with van der Waals surface area (Å²) in [4.78, 5) is 4.24. The van der Waals surface area contributed by atoms with Crippen molar-refractivity contribution in [1.29, 1.82) is 0 Å². The summed E-state index contributed by atoms with van der Waals surface area (Å²) in [5.74, 6) is 0.590. The number of hydrogen-bond donors (Lipinski definition) is 2. The second kappa shape index (κ2) is 5.46. The second-order valence-corrected chi connectivity index (χ2v) is 5.00. The molecule has 3 rings (SSSR count). The van der Waals surface area contributed by atoms with Crippen LogP contribution in [0.25, 0.3) is 11.5 Å². The molecule has 0 fully saturated rings. The van der Waals surface area contributed by atoms with Crippen LogP contribution in [-0.4, -0.2) is 20.4 Å². The Morgan fingerprint density at radius 2 is 1.81 bits per heavy atom. The predicted molar refractivity (Wildman–Crippen MR) is 77.3 cm³/mol. The molecule has 0 spiro atoms. The van der Waals surface area contributed by atoms with E-state index in [9.17, 15) is 10.2 Å². The Balaban J connectivity index is 1.86. The summed E-state index contributed by atoms with van der Waals surface area (Å²) < 4.78 is 5.15. The molecule has 21 heavy (non-hydrogen) atoms. The van der Waals surface area contributed by atoms with Crippen molar-refractivity contribution in [1.82, 2.24) is 10.1 Å². The van der Waals surface area contributed by atoms with E-state index < -0.39 is 0 Å². The summed E-state index contributed by atoms with van der Waals surface area (Å²) in [6, 6.07) is 11.5. The molecule has 0 unspecified atom stereocenters. The normalized spacial score (nSPS) is 10.7. The van der Waals surface area contributed by atoms with Crippen LogP contribution in [0.2, 0.25) is 5.02 Å². The van der Waals surface area contributed by atoms with Crippen molar-refractivity contribution in [3.8, 4) is 23.0 Å². The van der Waals surface area contributed by atoms with Gasteiger partial charge in [-0.3, -0.25) is 0 Å². The molecular weight excluding hydrogens is 292 g/mol. The Hall–Kier alpha value is -2.53. The molecule has 0 aliphatic heterocycles. The maximum Gasteiger partial charge on any atom is 0.258 e. The molecule has 0 amide bonds. The molecule has 106 valence electrons. The molecule has 0 radical (unpaired) electrons. The van der Waals surface area contributed by atoms with Gasteiger partial charge in [-0.1, -0.05) is 28.9 Å². The fourth-order valence-corrected chi connectivity index (χ4v) is 2.20. The van der Waals surface area contributed by atoms with E-state index in [0.29, 0.717) is 22.8 Å². The quantitative estimate of drug-likeness (QED) is 0.775. The van der Waals surface area contributed by atoms with E-state index in [1.54, 1.807) is 6.07 Å². The van der Waals surface area contributed by atoms with Crippen molar-refractivity contribution < 1.29 is 14.7 Å². The van der Waals surface area contributed by atoms with Gasteiger partial charge in [-0.15, -0.1) is 0 Å². The zero-order valence-corrected chi connectivity index (χ0v) is 11.6. The molecule has 5 nitrogen and oxygen atoms in total. The Labute approximate surface area is 125 Å². The van der Waals surface area contributed by atoms with Crippen LogP contribution in [0, 0.1) is 0 Å². The van der Waals surface area contributed by atoms with E-state index in [1.807, 2.05) is 18.2 Å². The molecular formula is C15H11ClN2O3. The van der Waals surface area contributed by atoms with Crippen molar-refractivity contribution in [3.63, 3.8) is 0 Å². The summed E-state index contributed by atoms with van der Waals surface area (Å²) >= 11 is 5.93. The maximum atomic E-state index is 9.46. The molecule has 0 bridgehead atoms. The molecule has 0 saturated heterocycles. The van der Waals surface area contributed by atoms with Gasteiger partial charge in [-0.05, 0) is 29.8 Å². The number of benzene rings is 2. The second-order valence-electron chi connectivity index (χ2n) is 4.56. The standard InChI is InChI=1S/C15H11ClN2O3/c16-11-3-1-2-9(4-11)5-14-17-15(21-18-14)10-6-12(19)8-13(20)7-10/h1-4,6-8,19-20H,5H2. The van der Waals surface area contributed by atoms with Crippen LogP contribution in [-0.2, 0) is 6.42 Å². The Morgan fingerprint density at radius 1 is 1.05 bits per heavy atom. The summed E-state index contributed by atoms with van der Waals surface area (Å²) in [5.41, 5.74) is 1.42. The summed E-state index contributed by atoms with van der Waals surface area (Å²) in [7, 11) is 0. The smallest absolute Gasteiger partial charge is 0.258 e. The number of halogens is 1. The molecule has 1 aromatic heterocycles. The highest BCUT2D eigenvalue weighted by atomic mass is 35.5. The number of aromatic nitrogens is 2. The van der Waals surface area contributed by atoms with Crippen molar-refractivity contribution in [2.45, 2.75) is 6.42 Å². The van der Waals surface area contributed by atoms with Crippen LogP contribution >= 0.6 is 11.6 Å². The molecule has 3 aromatic rings. The van der Waals surface area contributed by atoms with Crippen LogP contribution in [0.4, 0.5) is 0 Å². The van der Waals surface area contributed by atoms with Gasteiger partial charge in [0.15, 0.2) is 5.82 Å². The van der Waals surface area contributed by atoms with Gasteiger partial charge in [0.1, 0.15) is 11.5 Å². The Bertz CT molecular complexity index is 766. The molecule has 0 aliphatic carbocycles. The molecule has 0 atom stereocenters. The van der Waals surface area contributed by atoms with Gasteiger partial charge in [-0.25, -0.2) is 0 Å². The third-order valence-corrected chi connectivity index (χ3v) is 3.10.